The minimum absolute atomic E-state index is 0.0741. The van der Waals surface area contributed by atoms with E-state index in [1.165, 1.54) is 212 Å². The van der Waals surface area contributed by atoms with E-state index in [0.29, 0.717) is 6.42 Å². The Bertz CT molecular complexity index is 851. The molecule has 2 unspecified atom stereocenters. The van der Waals surface area contributed by atoms with Crippen LogP contribution in [-0.2, 0) is 4.79 Å². The van der Waals surface area contributed by atoms with Crippen LogP contribution in [0.5, 0.6) is 0 Å². The number of carbonyl (C=O) groups is 1. The maximum Gasteiger partial charge on any atom is 0.220 e. The lowest BCUT2D eigenvalue weighted by Crippen LogP contribution is -2.45. The summed E-state index contributed by atoms with van der Waals surface area (Å²) >= 11 is 0. The molecule has 0 spiro atoms. The molecule has 0 aromatic heterocycles. The second-order valence-electron chi connectivity index (χ2n) is 17.2. The van der Waals surface area contributed by atoms with Gasteiger partial charge < -0.3 is 15.5 Å². The predicted molar refractivity (Wildman–Crippen MR) is 248 cm³/mol. The van der Waals surface area contributed by atoms with E-state index in [1.54, 1.807) is 6.08 Å². The third-order valence-corrected chi connectivity index (χ3v) is 11.6. The molecule has 3 N–H and O–H groups in total. The van der Waals surface area contributed by atoms with Crippen molar-refractivity contribution in [2.45, 2.75) is 283 Å². The maximum absolute atomic E-state index is 12.4. The van der Waals surface area contributed by atoms with Crippen LogP contribution in [0.25, 0.3) is 0 Å². The van der Waals surface area contributed by atoms with Crippen LogP contribution in [0.15, 0.2) is 36.5 Å². The van der Waals surface area contributed by atoms with E-state index in [-0.39, 0.29) is 12.5 Å². The first kappa shape index (κ1) is 54.6. The predicted octanol–water partition coefficient (Wildman–Crippen LogP) is 16.1. The number of hydrogen-bond donors (Lipinski definition) is 3. The van der Waals surface area contributed by atoms with Crippen molar-refractivity contribution in [3.63, 3.8) is 0 Å². The summed E-state index contributed by atoms with van der Waals surface area (Å²) in [6, 6.07) is -0.643. The lowest BCUT2D eigenvalue weighted by atomic mass is 10.0. The summed E-state index contributed by atoms with van der Waals surface area (Å²) in [6.45, 7) is 4.32. The first-order valence-electron chi connectivity index (χ1n) is 25.2. The zero-order chi connectivity index (χ0) is 40.7. The van der Waals surface area contributed by atoms with Crippen LogP contribution < -0.4 is 5.32 Å². The lowest BCUT2D eigenvalue weighted by molar-refractivity contribution is -0.123. The van der Waals surface area contributed by atoms with Gasteiger partial charge in [0.1, 0.15) is 0 Å². The van der Waals surface area contributed by atoms with Crippen molar-refractivity contribution in [2.24, 2.45) is 0 Å². The Balaban J connectivity index is 3.57. The van der Waals surface area contributed by atoms with Crippen molar-refractivity contribution in [3.05, 3.63) is 36.5 Å². The third kappa shape index (κ3) is 43.7. The number of amides is 1. The number of allylic oxidation sites excluding steroid dienone is 5. The Morgan fingerprint density at radius 3 is 1.04 bits per heavy atom. The Morgan fingerprint density at radius 2 is 0.696 bits per heavy atom. The van der Waals surface area contributed by atoms with Crippen molar-refractivity contribution >= 4 is 5.91 Å². The van der Waals surface area contributed by atoms with Gasteiger partial charge in [-0.25, -0.2) is 0 Å². The molecule has 0 saturated carbocycles. The fourth-order valence-electron chi connectivity index (χ4n) is 7.74. The van der Waals surface area contributed by atoms with Crippen LogP contribution in [0.1, 0.15) is 271 Å². The van der Waals surface area contributed by atoms with Crippen molar-refractivity contribution in [1.82, 2.24) is 5.32 Å². The van der Waals surface area contributed by atoms with Gasteiger partial charge in [-0.05, 0) is 44.9 Å². The van der Waals surface area contributed by atoms with Gasteiger partial charge in [-0.1, -0.05) is 256 Å². The minimum atomic E-state index is -0.868. The van der Waals surface area contributed by atoms with Crippen LogP contribution in [0.2, 0.25) is 0 Å². The fraction of sp³-hybridized carbons (Fsp3) is 0.865. The standard InChI is InChI=1S/C52H99NO3/c1-3-5-7-9-11-13-15-17-19-21-23-24-25-26-27-28-29-30-31-33-35-37-39-41-43-45-47-51(55)50(49-54)53-52(56)48-46-44-42-40-38-36-34-32-22-20-18-16-14-12-10-8-6-4-2/h30-31,37,39,45,47,50-51,54-55H,3-29,32-36,38,40-44,46,48-49H2,1-2H3,(H,53,56)/b31-30+,39-37+,47-45+. The highest BCUT2D eigenvalue weighted by Crippen LogP contribution is 2.16. The smallest absolute Gasteiger partial charge is 0.220 e. The molecule has 0 aliphatic rings. The summed E-state index contributed by atoms with van der Waals surface area (Å²) in [4.78, 5) is 12.4. The van der Waals surface area contributed by atoms with E-state index in [0.717, 1.165) is 38.5 Å². The van der Waals surface area contributed by atoms with Gasteiger partial charge in [0, 0.05) is 6.42 Å². The molecule has 0 saturated heterocycles. The molecule has 0 bridgehead atoms. The van der Waals surface area contributed by atoms with E-state index in [9.17, 15) is 15.0 Å². The van der Waals surface area contributed by atoms with Gasteiger partial charge in [0.15, 0.2) is 0 Å². The summed E-state index contributed by atoms with van der Waals surface area (Å²) in [5.74, 6) is -0.0741. The van der Waals surface area contributed by atoms with Crippen LogP contribution in [-0.4, -0.2) is 34.9 Å². The molecule has 1 amide bonds. The van der Waals surface area contributed by atoms with Crippen molar-refractivity contribution in [1.29, 1.82) is 0 Å². The van der Waals surface area contributed by atoms with E-state index in [1.807, 2.05) is 6.08 Å². The Kier molecular flexibility index (Phi) is 46.8. The number of aliphatic hydroxyl groups is 2. The Morgan fingerprint density at radius 1 is 0.411 bits per heavy atom. The van der Waals surface area contributed by atoms with Gasteiger partial charge in [0.25, 0.3) is 0 Å². The normalized spacial score (nSPS) is 13.1. The average molecular weight is 786 g/mol. The highest BCUT2D eigenvalue weighted by Gasteiger charge is 2.17. The molecule has 56 heavy (non-hydrogen) atoms. The number of aliphatic hydroxyl groups excluding tert-OH is 2. The van der Waals surface area contributed by atoms with Crippen LogP contribution >= 0.6 is 0 Å². The van der Waals surface area contributed by atoms with Crippen LogP contribution in [0.3, 0.4) is 0 Å². The molecular weight excluding hydrogens is 687 g/mol. The SMILES string of the molecule is CCCCCCCCCCCCCCCCCC/C=C/CC/C=C/CC/C=C/C(O)C(CO)NC(=O)CCCCCCCCCCCCCCCCCCCC. The lowest BCUT2D eigenvalue weighted by Gasteiger charge is -2.19. The summed E-state index contributed by atoms with van der Waals surface area (Å²) < 4.78 is 0. The number of unbranched alkanes of at least 4 members (excludes halogenated alkanes) is 35. The van der Waals surface area contributed by atoms with Crippen molar-refractivity contribution in [2.75, 3.05) is 6.61 Å². The molecule has 330 valence electrons. The molecule has 0 aromatic rings. The first-order chi connectivity index (χ1) is 27.7. The van der Waals surface area contributed by atoms with Crippen molar-refractivity contribution in [3.8, 4) is 0 Å². The monoisotopic (exact) mass is 786 g/mol. The molecule has 0 radical (unpaired) electrons. The summed E-state index contributed by atoms with van der Waals surface area (Å²) in [7, 11) is 0. The number of hydrogen-bond acceptors (Lipinski definition) is 3. The molecule has 0 aromatic carbocycles. The van der Waals surface area contributed by atoms with E-state index >= 15 is 0 Å². The highest BCUT2D eigenvalue weighted by molar-refractivity contribution is 5.76. The third-order valence-electron chi connectivity index (χ3n) is 11.6. The largest absolute Gasteiger partial charge is 0.394 e. The molecule has 4 heteroatoms. The second kappa shape index (κ2) is 48.0. The van der Waals surface area contributed by atoms with Crippen LogP contribution in [0.4, 0.5) is 0 Å². The molecule has 0 aliphatic carbocycles. The molecule has 4 nitrogen and oxygen atoms in total. The number of nitrogens with one attached hydrogen (secondary N) is 1. The fourth-order valence-corrected chi connectivity index (χ4v) is 7.74. The zero-order valence-corrected chi connectivity index (χ0v) is 37.9. The summed E-state index contributed by atoms with van der Waals surface area (Å²) in [5, 5.41) is 23.1. The molecule has 2 atom stereocenters. The minimum Gasteiger partial charge on any atom is -0.394 e. The maximum atomic E-state index is 12.4. The number of rotatable bonds is 46. The first-order valence-corrected chi connectivity index (χ1v) is 25.2. The van der Waals surface area contributed by atoms with Gasteiger partial charge in [-0.15, -0.1) is 0 Å². The average Bonchev–Trinajstić information content (AvgIpc) is 3.20. The van der Waals surface area contributed by atoms with Crippen LogP contribution in [0, 0.1) is 0 Å². The topological polar surface area (TPSA) is 69.6 Å². The van der Waals surface area contributed by atoms with Gasteiger partial charge in [0.05, 0.1) is 18.8 Å². The van der Waals surface area contributed by atoms with E-state index in [2.05, 4.69) is 43.5 Å². The molecule has 0 heterocycles. The second-order valence-corrected chi connectivity index (χ2v) is 17.2. The molecule has 0 rings (SSSR count). The van der Waals surface area contributed by atoms with E-state index < -0.39 is 12.1 Å². The van der Waals surface area contributed by atoms with Gasteiger partial charge in [-0.3, -0.25) is 4.79 Å². The zero-order valence-electron chi connectivity index (χ0n) is 37.9. The molecule has 0 fully saturated rings. The number of carbonyl (C=O) groups excluding carboxylic acids is 1. The van der Waals surface area contributed by atoms with E-state index in [4.69, 9.17) is 0 Å². The summed E-state index contributed by atoms with van der Waals surface area (Å²) in [6.07, 6.45) is 64.3. The Hall–Kier alpha value is -1.39. The van der Waals surface area contributed by atoms with Crippen molar-refractivity contribution < 1.29 is 15.0 Å². The van der Waals surface area contributed by atoms with Gasteiger partial charge >= 0.3 is 0 Å². The quantitative estimate of drug-likeness (QED) is 0.0425. The van der Waals surface area contributed by atoms with Gasteiger partial charge in [-0.2, -0.15) is 0 Å². The van der Waals surface area contributed by atoms with Gasteiger partial charge in [0.2, 0.25) is 5.91 Å². The molecule has 0 aliphatic heterocycles. The highest BCUT2D eigenvalue weighted by atomic mass is 16.3. The molecular formula is C52H99NO3. The Labute approximate surface area is 351 Å². The summed E-state index contributed by atoms with van der Waals surface area (Å²) in [5.41, 5.74) is 0.